The number of hydrogen-bond acceptors (Lipinski definition) is 2. The van der Waals surface area contributed by atoms with Crippen LogP contribution in [-0.4, -0.2) is 29.1 Å². The first-order chi connectivity index (χ1) is 10.2. The third-order valence-electron chi connectivity index (χ3n) is 4.41. The maximum absolute atomic E-state index is 12.6. The minimum atomic E-state index is 0.0402. The van der Waals surface area contributed by atoms with Crippen molar-refractivity contribution in [3.05, 3.63) is 35.9 Å². The van der Waals surface area contributed by atoms with Gasteiger partial charge in [0.15, 0.2) is 0 Å². The Bertz CT molecular complexity index is 426. The minimum Gasteiger partial charge on any atom is -0.342 e. The second-order valence-corrected chi connectivity index (χ2v) is 7.36. The van der Waals surface area contributed by atoms with Crippen LogP contribution in [0, 0.1) is 0 Å². The summed E-state index contributed by atoms with van der Waals surface area (Å²) in [4.78, 5) is 14.6. The fourth-order valence-corrected chi connectivity index (χ4v) is 3.92. The molecule has 0 heterocycles. The van der Waals surface area contributed by atoms with E-state index in [1.807, 2.05) is 24.9 Å². The molecule has 0 saturated heterocycles. The summed E-state index contributed by atoms with van der Waals surface area (Å²) in [6, 6.07) is 10.8. The molecule has 0 N–H and O–H groups in total. The van der Waals surface area contributed by atoms with Gasteiger partial charge in [-0.15, -0.1) is 11.8 Å². The summed E-state index contributed by atoms with van der Waals surface area (Å²) in [6.45, 7) is 2.04. The lowest BCUT2D eigenvalue weighted by Crippen LogP contribution is -2.40. The van der Waals surface area contributed by atoms with Gasteiger partial charge in [0, 0.05) is 18.8 Å². The van der Waals surface area contributed by atoms with Crippen molar-refractivity contribution < 1.29 is 4.79 Å². The molecule has 0 bridgehead atoms. The van der Waals surface area contributed by atoms with E-state index in [0.29, 0.717) is 11.9 Å². The predicted molar refractivity (Wildman–Crippen MR) is 91.5 cm³/mol. The molecule has 0 radical (unpaired) electrons. The lowest BCUT2D eigenvalue weighted by Gasteiger charge is -2.29. The molecule has 0 aliphatic heterocycles. The highest BCUT2D eigenvalue weighted by atomic mass is 32.2. The van der Waals surface area contributed by atoms with Crippen LogP contribution in [0.5, 0.6) is 0 Å². The summed E-state index contributed by atoms with van der Waals surface area (Å²) in [5, 5.41) is 0.0402. The van der Waals surface area contributed by atoms with Gasteiger partial charge in [-0.1, -0.05) is 56.0 Å². The Morgan fingerprint density at radius 1 is 1.19 bits per heavy atom. The van der Waals surface area contributed by atoms with Gasteiger partial charge in [-0.05, 0) is 25.3 Å². The Labute approximate surface area is 133 Å². The average molecular weight is 305 g/mol. The molecule has 1 saturated carbocycles. The average Bonchev–Trinajstić information content (AvgIpc) is 2.81. The largest absolute Gasteiger partial charge is 0.342 e. The van der Waals surface area contributed by atoms with Crippen molar-refractivity contribution >= 4 is 17.7 Å². The van der Waals surface area contributed by atoms with Crippen molar-refractivity contribution in [2.45, 2.75) is 62.5 Å². The van der Waals surface area contributed by atoms with E-state index < -0.39 is 0 Å². The van der Waals surface area contributed by atoms with Crippen LogP contribution in [0.1, 0.15) is 51.0 Å². The molecule has 1 aromatic carbocycles. The molecule has 1 aliphatic rings. The number of amides is 1. The third-order valence-corrected chi connectivity index (χ3v) is 5.61. The van der Waals surface area contributed by atoms with Crippen LogP contribution in [0.4, 0.5) is 0 Å². The highest BCUT2D eigenvalue weighted by molar-refractivity contribution is 7.99. The van der Waals surface area contributed by atoms with Gasteiger partial charge < -0.3 is 4.90 Å². The van der Waals surface area contributed by atoms with E-state index in [4.69, 9.17) is 0 Å². The zero-order valence-corrected chi connectivity index (χ0v) is 14.1. The molecule has 1 aliphatic carbocycles. The van der Waals surface area contributed by atoms with Crippen LogP contribution < -0.4 is 0 Å². The Hall–Kier alpha value is -0.960. The maximum Gasteiger partial charge on any atom is 0.235 e. The predicted octanol–water partition coefficient (Wildman–Crippen LogP) is 4.49. The summed E-state index contributed by atoms with van der Waals surface area (Å²) in [6.07, 6.45) is 7.56. The summed E-state index contributed by atoms with van der Waals surface area (Å²) in [5.41, 5.74) is 1.29. The Morgan fingerprint density at radius 2 is 1.81 bits per heavy atom. The fourth-order valence-electron chi connectivity index (χ4n) is 2.98. The lowest BCUT2D eigenvalue weighted by molar-refractivity contribution is -0.131. The minimum absolute atomic E-state index is 0.0402. The second-order valence-electron chi connectivity index (χ2n) is 6.03. The summed E-state index contributed by atoms with van der Waals surface area (Å²) < 4.78 is 0. The van der Waals surface area contributed by atoms with Gasteiger partial charge in [-0.2, -0.15) is 0 Å². The highest BCUT2D eigenvalue weighted by Crippen LogP contribution is 2.24. The molecule has 116 valence electrons. The number of thioether (sulfide) groups is 1. The lowest BCUT2D eigenvalue weighted by atomic mass is 10.1. The van der Waals surface area contributed by atoms with Gasteiger partial charge in [0.05, 0.1) is 5.25 Å². The topological polar surface area (TPSA) is 20.3 Å². The van der Waals surface area contributed by atoms with Crippen molar-refractivity contribution in [2.75, 3.05) is 7.05 Å². The Balaban J connectivity index is 1.83. The SMILES string of the molecule is CC(SCc1ccccc1)C(=O)N(C)C1CCCCCC1. The molecule has 1 amide bonds. The van der Waals surface area contributed by atoms with E-state index in [1.54, 1.807) is 11.8 Å². The number of carbonyl (C=O) groups is 1. The molecule has 1 fully saturated rings. The van der Waals surface area contributed by atoms with E-state index in [1.165, 1.54) is 44.1 Å². The molecule has 21 heavy (non-hydrogen) atoms. The van der Waals surface area contributed by atoms with Gasteiger partial charge >= 0.3 is 0 Å². The maximum atomic E-state index is 12.6. The molecule has 1 unspecified atom stereocenters. The Morgan fingerprint density at radius 3 is 2.43 bits per heavy atom. The standard InChI is InChI=1S/C18H27NOS/c1-15(21-14-16-10-6-5-7-11-16)18(20)19(2)17-12-8-3-4-9-13-17/h5-7,10-11,15,17H,3-4,8-9,12-14H2,1-2H3. The number of rotatable bonds is 5. The third kappa shape index (κ3) is 5.06. The van der Waals surface area contributed by atoms with Crippen LogP contribution in [0.3, 0.4) is 0 Å². The van der Waals surface area contributed by atoms with Crippen molar-refractivity contribution in [1.29, 1.82) is 0 Å². The van der Waals surface area contributed by atoms with E-state index >= 15 is 0 Å². The molecule has 2 nitrogen and oxygen atoms in total. The quantitative estimate of drug-likeness (QED) is 0.747. The summed E-state index contributed by atoms with van der Waals surface area (Å²) in [5.74, 6) is 1.20. The first kappa shape index (κ1) is 16.4. The number of carbonyl (C=O) groups excluding carboxylic acids is 1. The molecule has 0 spiro atoms. The first-order valence-corrected chi connectivity index (χ1v) is 9.15. The van der Waals surface area contributed by atoms with Gasteiger partial charge in [0.25, 0.3) is 0 Å². The number of benzene rings is 1. The monoisotopic (exact) mass is 305 g/mol. The summed E-state index contributed by atoms with van der Waals surface area (Å²) >= 11 is 1.74. The zero-order chi connectivity index (χ0) is 15.1. The van der Waals surface area contributed by atoms with Gasteiger partial charge in [-0.3, -0.25) is 4.79 Å². The van der Waals surface area contributed by atoms with Crippen LogP contribution in [0.2, 0.25) is 0 Å². The molecular weight excluding hydrogens is 278 g/mol. The van der Waals surface area contributed by atoms with E-state index in [2.05, 4.69) is 24.3 Å². The van der Waals surface area contributed by atoms with Crippen molar-refractivity contribution in [2.24, 2.45) is 0 Å². The van der Waals surface area contributed by atoms with E-state index in [9.17, 15) is 4.79 Å². The molecule has 1 atom stereocenters. The van der Waals surface area contributed by atoms with Crippen LogP contribution >= 0.6 is 11.8 Å². The number of nitrogens with zero attached hydrogens (tertiary/aromatic N) is 1. The smallest absolute Gasteiger partial charge is 0.235 e. The van der Waals surface area contributed by atoms with Crippen LogP contribution in [0.25, 0.3) is 0 Å². The first-order valence-electron chi connectivity index (χ1n) is 8.10. The number of hydrogen-bond donors (Lipinski definition) is 0. The van der Waals surface area contributed by atoms with Crippen molar-refractivity contribution in [1.82, 2.24) is 4.90 Å². The van der Waals surface area contributed by atoms with Crippen molar-refractivity contribution in [3.63, 3.8) is 0 Å². The Kier molecular flexibility index (Phi) is 6.62. The van der Waals surface area contributed by atoms with E-state index in [-0.39, 0.29) is 5.25 Å². The second kappa shape index (κ2) is 8.47. The fraction of sp³-hybridized carbons (Fsp3) is 0.611. The van der Waals surface area contributed by atoms with E-state index in [0.717, 1.165) is 5.75 Å². The van der Waals surface area contributed by atoms with Gasteiger partial charge in [0.1, 0.15) is 0 Å². The van der Waals surface area contributed by atoms with Crippen LogP contribution in [-0.2, 0) is 10.5 Å². The highest BCUT2D eigenvalue weighted by Gasteiger charge is 2.25. The molecular formula is C18H27NOS. The molecule has 2 rings (SSSR count). The molecule has 3 heteroatoms. The zero-order valence-electron chi connectivity index (χ0n) is 13.3. The van der Waals surface area contributed by atoms with Gasteiger partial charge in [-0.25, -0.2) is 0 Å². The summed E-state index contributed by atoms with van der Waals surface area (Å²) in [7, 11) is 2.00. The molecule has 0 aromatic heterocycles. The van der Waals surface area contributed by atoms with Crippen molar-refractivity contribution in [3.8, 4) is 0 Å². The van der Waals surface area contributed by atoms with Crippen LogP contribution in [0.15, 0.2) is 30.3 Å². The van der Waals surface area contributed by atoms with Gasteiger partial charge in [0.2, 0.25) is 5.91 Å². The molecule has 1 aromatic rings. The normalized spacial score (nSPS) is 18.0.